The van der Waals surface area contributed by atoms with Crippen LogP contribution in [0.2, 0.25) is 0 Å². The molecule has 1 aliphatic carbocycles. The maximum absolute atomic E-state index is 10.0. The summed E-state index contributed by atoms with van der Waals surface area (Å²) in [5, 5.41) is 21.7. The molecule has 0 aliphatic heterocycles. The molecule has 0 unspecified atom stereocenters. The van der Waals surface area contributed by atoms with Gasteiger partial charge in [-0.1, -0.05) is 30.3 Å². The Balaban J connectivity index is 2.33. The fourth-order valence-electron chi connectivity index (χ4n) is 2.46. The Morgan fingerprint density at radius 1 is 1.06 bits per heavy atom. The highest BCUT2D eigenvalue weighted by Gasteiger charge is 2.46. The van der Waals surface area contributed by atoms with Crippen LogP contribution < -0.4 is 0 Å². The number of phenolic OH excluding ortho intramolecular Hbond substituents is 1. The standard InChI is InChI=1S/C14H14O2/c15-9-14(7-8-14)13-11-4-2-1-3-10(11)5-6-12(13)16/h1-6,15-16H,7-9H2. The fraction of sp³-hybridized carbons (Fsp3) is 0.286. The minimum absolute atomic E-state index is 0.120. The third kappa shape index (κ3) is 1.23. The summed E-state index contributed by atoms with van der Waals surface area (Å²) < 4.78 is 0. The molecule has 1 aliphatic rings. The van der Waals surface area contributed by atoms with E-state index in [4.69, 9.17) is 0 Å². The second-order valence-corrected chi connectivity index (χ2v) is 4.62. The van der Waals surface area contributed by atoms with Crippen LogP contribution in [0, 0.1) is 0 Å². The molecule has 0 atom stereocenters. The molecule has 2 heteroatoms. The van der Waals surface area contributed by atoms with E-state index in [9.17, 15) is 10.2 Å². The zero-order valence-corrected chi connectivity index (χ0v) is 8.98. The second-order valence-electron chi connectivity index (χ2n) is 4.62. The number of phenols is 1. The molecule has 2 aromatic rings. The van der Waals surface area contributed by atoms with Crippen LogP contribution in [0.15, 0.2) is 36.4 Å². The van der Waals surface area contributed by atoms with Gasteiger partial charge in [-0.3, -0.25) is 0 Å². The maximum Gasteiger partial charge on any atom is 0.120 e. The summed E-state index contributed by atoms with van der Waals surface area (Å²) in [6, 6.07) is 11.7. The highest BCUT2D eigenvalue weighted by atomic mass is 16.3. The van der Waals surface area contributed by atoms with Crippen molar-refractivity contribution in [1.29, 1.82) is 0 Å². The van der Waals surface area contributed by atoms with Crippen molar-refractivity contribution in [2.45, 2.75) is 18.3 Å². The molecule has 2 aromatic carbocycles. The van der Waals surface area contributed by atoms with E-state index in [0.29, 0.717) is 5.75 Å². The Bertz CT molecular complexity index is 541. The van der Waals surface area contributed by atoms with Crippen molar-refractivity contribution in [3.8, 4) is 5.75 Å². The Labute approximate surface area is 94.2 Å². The average Bonchev–Trinajstić information content (AvgIpc) is 3.10. The van der Waals surface area contributed by atoms with E-state index in [1.807, 2.05) is 30.3 Å². The van der Waals surface area contributed by atoms with Crippen LogP contribution in [0.1, 0.15) is 18.4 Å². The fourth-order valence-corrected chi connectivity index (χ4v) is 2.46. The molecule has 2 N–H and O–H groups in total. The zero-order valence-electron chi connectivity index (χ0n) is 8.98. The molecule has 0 amide bonds. The first-order valence-corrected chi connectivity index (χ1v) is 5.59. The van der Waals surface area contributed by atoms with Crippen molar-refractivity contribution in [2.24, 2.45) is 0 Å². The smallest absolute Gasteiger partial charge is 0.120 e. The van der Waals surface area contributed by atoms with E-state index in [0.717, 1.165) is 29.2 Å². The van der Waals surface area contributed by atoms with Crippen LogP contribution in [0.4, 0.5) is 0 Å². The number of aliphatic hydroxyl groups is 1. The lowest BCUT2D eigenvalue weighted by molar-refractivity contribution is 0.253. The van der Waals surface area contributed by atoms with Crippen molar-refractivity contribution in [1.82, 2.24) is 0 Å². The molecule has 0 spiro atoms. The van der Waals surface area contributed by atoms with Gasteiger partial charge in [0.25, 0.3) is 0 Å². The van der Waals surface area contributed by atoms with Gasteiger partial charge in [-0.05, 0) is 29.7 Å². The first-order valence-electron chi connectivity index (χ1n) is 5.59. The number of hydrogen-bond acceptors (Lipinski definition) is 2. The van der Waals surface area contributed by atoms with Gasteiger partial charge in [0, 0.05) is 11.0 Å². The Hall–Kier alpha value is -1.54. The van der Waals surface area contributed by atoms with E-state index in [-0.39, 0.29) is 12.0 Å². The number of aliphatic hydroxyl groups excluding tert-OH is 1. The molecule has 82 valence electrons. The van der Waals surface area contributed by atoms with E-state index in [1.165, 1.54) is 0 Å². The van der Waals surface area contributed by atoms with Gasteiger partial charge >= 0.3 is 0 Å². The lowest BCUT2D eigenvalue weighted by atomic mass is 9.90. The van der Waals surface area contributed by atoms with Crippen LogP contribution >= 0.6 is 0 Å². The highest BCUT2D eigenvalue weighted by molar-refractivity contribution is 5.89. The van der Waals surface area contributed by atoms with Crippen LogP contribution in [-0.4, -0.2) is 16.8 Å². The first kappa shape index (κ1) is 9.67. The number of fused-ring (bicyclic) bond motifs is 1. The zero-order chi connectivity index (χ0) is 11.2. The van der Waals surface area contributed by atoms with Crippen molar-refractivity contribution in [3.05, 3.63) is 42.0 Å². The summed E-state index contributed by atoms with van der Waals surface area (Å²) >= 11 is 0. The largest absolute Gasteiger partial charge is 0.508 e. The number of benzene rings is 2. The third-order valence-electron chi connectivity index (χ3n) is 3.59. The topological polar surface area (TPSA) is 40.5 Å². The lowest BCUT2D eigenvalue weighted by Crippen LogP contribution is -2.12. The number of aromatic hydroxyl groups is 1. The molecule has 1 saturated carbocycles. The van der Waals surface area contributed by atoms with Gasteiger partial charge in [-0.25, -0.2) is 0 Å². The summed E-state index contributed by atoms with van der Waals surface area (Å²) in [5.41, 5.74) is 0.735. The summed E-state index contributed by atoms with van der Waals surface area (Å²) in [6.45, 7) is 0.120. The van der Waals surface area contributed by atoms with Gasteiger partial charge in [0.2, 0.25) is 0 Å². The normalized spacial score (nSPS) is 17.6. The second kappa shape index (κ2) is 3.22. The van der Waals surface area contributed by atoms with Gasteiger partial charge in [0.05, 0.1) is 6.61 Å². The van der Waals surface area contributed by atoms with Gasteiger partial charge in [-0.15, -0.1) is 0 Å². The van der Waals surface area contributed by atoms with E-state index in [2.05, 4.69) is 0 Å². The summed E-state index contributed by atoms with van der Waals surface area (Å²) in [7, 11) is 0. The Morgan fingerprint density at radius 3 is 2.50 bits per heavy atom. The number of rotatable bonds is 2. The van der Waals surface area contributed by atoms with E-state index in [1.54, 1.807) is 6.07 Å². The Kier molecular flexibility index (Phi) is 1.95. The average molecular weight is 214 g/mol. The van der Waals surface area contributed by atoms with Crippen LogP contribution in [0.25, 0.3) is 10.8 Å². The Morgan fingerprint density at radius 2 is 1.81 bits per heavy atom. The molecule has 0 heterocycles. The van der Waals surface area contributed by atoms with Crippen molar-refractivity contribution < 1.29 is 10.2 Å². The van der Waals surface area contributed by atoms with Gasteiger partial charge in [0.1, 0.15) is 5.75 Å². The number of hydrogen-bond donors (Lipinski definition) is 2. The molecule has 0 aromatic heterocycles. The van der Waals surface area contributed by atoms with Crippen molar-refractivity contribution >= 4 is 10.8 Å². The van der Waals surface area contributed by atoms with Crippen LogP contribution in [0.5, 0.6) is 5.75 Å². The van der Waals surface area contributed by atoms with Gasteiger partial charge in [0.15, 0.2) is 0 Å². The molecule has 1 fully saturated rings. The molecule has 3 rings (SSSR count). The predicted octanol–water partition coefficient (Wildman–Crippen LogP) is 2.57. The molecular weight excluding hydrogens is 200 g/mol. The molecule has 2 nitrogen and oxygen atoms in total. The minimum atomic E-state index is -0.190. The lowest BCUT2D eigenvalue weighted by Gasteiger charge is -2.16. The summed E-state index contributed by atoms with van der Waals surface area (Å²) in [4.78, 5) is 0. The molecule has 0 bridgehead atoms. The van der Waals surface area contributed by atoms with E-state index < -0.39 is 0 Å². The quantitative estimate of drug-likeness (QED) is 0.806. The predicted molar refractivity (Wildman–Crippen MR) is 63.6 cm³/mol. The van der Waals surface area contributed by atoms with Crippen molar-refractivity contribution in [2.75, 3.05) is 6.61 Å². The summed E-state index contributed by atoms with van der Waals surface area (Å²) in [6.07, 6.45) is 1.93. The third-order valence-corrected chi connectivity index (χ3v) is 3.59. The highest BCUT2D eigenvalue weighted by Crippen LogP contribution is 2.52. The van der Waals surface area contributed by atoms with Crippen molar-refractivity contribution in [3.63, 3.8) is 0 Å². The van der Waals surface area contributed by atoms with Crippen LogP contribution in [-0.2, 0) is 5.41 Å². The van der Waals surface area contributed by atoms with Gasteiger partial charge in [-0.2, -0.15) is 0 Å². The molecule has 0 saturated heterocycles. The first-order chi connectivity index (χ1) is 7.77. The molecule has 16 heavy (non-hydrogen) atoms. The van der Waals surface area contributed by atoms with Gasteiger partial charge < -0.3 is 10.2 Å². The monoisotopic (exact) mass is 214 g/mol. The molecular formula is C14H14O2. The molecule has 0 radical (unpaired) electrons. The van der Waals surface area contributed by atoms with E-state index >= 15 is 0 Å². The minimum Gasteiger partial charge on any atom is -0.508 e. The maximum atomic E-state index is 10.0. The summed E-state index contributed by atoms with van der Waals surface area (Å²) in [5.74, 6) is 0.310. The SMILES string of the molecule is OCC1(c2c(O)ccc3ccccc23)CC1. The van der Waals surface area contributed by atoms with Crippen LogP contribution in [0.3, 0.4) is 0 Å².